The van der Waals surface area contributed by atoms with Crippen LogP contribution in [0.2, 0.25) is 0 Å². The normalized spacial score (nSPS) is 22.1. The zero-order chi connectivity index (χ0) is 9.84. The Kier molecular flexibility index (Phi) is 3.77. The molecular weight excluding hydrogens is 162 g/mol. The summed E-state index contributed by atoms with van der Waals surface area (Å²) in [5.74, 6) is 2.94. The molecule has 2 unspecified atom stereocenters. The summed E-state index contributed by atoms with van der Waals surface area (Å²) < 4.78 is 0. The number of rotatable bonds is 4. The summed E-state index contributed by atoms with van der Waals surface area (Å²) in [6.07, 6.45) is 9.30. The van der Waals surface area contributed by atoms with Gasteiger partial charge in [0.05, 0.1) is 6.04 Å². The van der Waals surface area contributed by atoms with Crippen LogP contribution < -0.4 is 0 Å². The lowest BCUT2D eigenvalue weighted by Crippen LogP contribution is -2.46. The van der Waals surface area contributed by atoms with Crippen LogP contribution in [0, 0.1) is 18.3 Å². The molecule has 13 heavy (non-hydrogen) atoms. The molecule has 1 fully saturated rings. The Morgan fingerprint density at radius 1 is 1.62 bits per heavy atom. The molecule has 1 aliphatic rings. The van der Waals surface area contributed by atoms with Crippen molar-refractivity contribution in [2.45, 2.75) is 38.3 Å². The molecule has 2 nitrogen and oxygen atoms in total. The monoisotopic (exact) mass is 181 g/mol. The van der Waals surface area contributed by atoms with Crippen molar-refractivity contribution in [1.29, 1.82) is 0 Å². The number of hydrogen-bond acceptors (Lipinski definition) is 2. The summed E-state index contributed by atoms with van der Waals surface area (Å²) >= 11 is 0. The van der Waals surface area contributed by atoms with Gasteiger partial charge in [-0.3, -0.25) is 4.90 Å². The maximum atomic E-state index is 9.04. The third-order valence-electron chi connectivity index (χ3n) is 3.09. The number of hydrogen-bond donors (Lipinski definition) is 1. The highest BCUT2D eigenvalue weighted by atomic mass is 16.3. The molecule has 2 atom stereocenters. The lowest BCUT2D eigenvalue weighted by atomic mass is 9.89. The fourth-order valence-corrected chi connectivity index (χ4v) is 1.80. The van der Waals surface area contributed by atoms with Gasteiger partial charge in [0.25, 0.3) is 0 Å². The van der Waals surface area contributed by atoms with Gasteiger partial charge in [-0.1, -0.05) is 19.3 Å². The summed E-state index contributed by atoms with van der Waals surface area (Å²) in [4.78, 5) is 2.24. The molecule has 0 saturated heterocycles. The smallest absolute Gasteiger partial charge is 0.0759 e. The largest absolute Gasteiger partial charge is 0.396 e. The Balaban J connectivity index is 2.50. The van der Waals surface area contributed by atoms with Crippen molar-refractivity contribution in [2.24, 2.45) is 5.92 Å². The zero-order valence-electron chi connectivity index (χ0n) is 8.53. The van der Waals surface area contributed by atoms with E-state index in [1.165, 1.54) is 19.3 Å². The third kappa shape index (κ3) is 2.24. The van der Waals surface area contributed by atoms with E-state index in [1.54, 1.807) is 0 Å². The van der Waals surface area contributed by atoms with Crippen LogP contribution in [0.4, 0.5) is 0 Å². The molecule has 1 aliphatic carbocycles. The molecule has 0 spiro atoms. The van der Waals surface area contributed by atoms with Crippen molar-refractivity contribution >= 4 is 0 Å². The molecule has 0 aliphatic heterocycles. The van der Waals surface area contributed by atoms with Gasteiger partial charge in [-0.05, 0) is 19.9 Å². The van der Waals surface area contributed by atoms with E-state index in [2.05, 4.69) is 17.9 Å². The first-order valence-electron chi connectivity index (χ1n) is 4.99. The highest BCUT2D eigenvalue weighted by molar-refractivity contribution is 5.03. The van der Waals surface area contributed by atoms with Gasteiger partial charge in [-0.25, -0.2) is 0 Å². The predicted molar refractivity (Wildman–Crippen MR) is 54.3 cm³/mol. The summed E-state index contributed by atoms with van der Waals surface area (Å²) in [7, 11) is 2.07. The van der Waals surface area contributed by atoms with Crippen LogP contribution in [0.3, 0.4) is 0 Å². The van der Waals surface area contributed by atoms with E-state index < -0.39 is 0 Å². The highest BCUT2D eigenvalue weighted by Gasteiger charge is 2.29. The van der Waals surface area contributed by atoms with E-state index in [1.807, 2.05) is 6.92 Å². The van der Waals surface area contributed by atoms with E-state index in [0.717, 1.165) is 0 Å². The van der Waals surface area contributed by atoms with Gasteiger partial charge in [0.2, 0.25) is 0 Å². The molecule has 74 valence electrons. The van der Waals surface area contributed by atoms with Crippen LogP contribution in [-0.4, -0.2) is 35.7 Å². The van der Waals surface area contributed by atoms with Crippen LogP contribution in [0.1, 0.15) is 26.2 Å². The van der Waals surface area contributed by atoms with Crippen molar-refractivity contribution in [3.63, 3.8) is 0 Å². The Labute approximate surface area is 80.9 Å². The van der Waals surface area contributed by atoms with Crippen LogP contribution in [-0.2, 0) is 0 Å². The first-order chi connectivity index (χ1) is 6.20. The second kappa shape index (κ2) is 4.64. The summed E-state index contributed by atoms with van der Waals surface area (Å²) in [6, 6.07) is 0.741. The SMILES string of the molecule is C#CC(C(C)CO)N(C)C1CCC1. The fourth-order valence-electron chi connectivity index (χ4n) is 1.80. The van der Waals surface area contributed by atoms with E-state index >= 15 is 0 Å². The molecule has 1 rings (SSSR count). The van der Waals surface area contributed by atoms with E-state index in [9.17, 15) is 0 Å². The average Bonchev–Trinajstić information content (AvgIpc) is 2.02. The maximum Gasteiger partial charge on any atom is 0.0759 e. The second-order valence-corrected chi connectivity index (χ2v) is 4.02. The first-order valence-corrected chi connectivity index (χ1v) is 4.99. The fraction of sp³-hybridized carbons (Fsp3) is 0.818. The van der Waals surface area contributed by atoms with E-state index in [-0.39, 0.29) is 18.6 Å². The lowest BCUT2D eigenvalue weighted by molar-refractivity contribution is 0.0871. The molecule has 0 bridgehead atoms. The van der Waals surface area contributed by atoms with Crippen LogP contribution in [0.25, 0.3) is 0 Å². The summed E-state index contributed by atoms with van der Waals surface area (Å²) in [6.45, 7) is 2.17. The van der Waals surface area contributed by atoms with Crippen molar-refractivity contribution in [3.8, 4) is 12.3 Å². The topological polar surface area (TPSA) is 23.5 Å². The minimum atomic E-state index is 0.0929. The molecule has 0 radical (unpaired) electrons. The van der Waals surface area contributed by atoms with Crippen molar-refractivity contribution < 1.29 is 5.11 Å². The average molecular weight is 181 g/mol. The number of aliphatic hydroxyl groups is 1. The van der Waals surface area contributed by atoms with Crippen molar-refractivity contribution in [2.75, 3.05) is 13.7 Å². The van der Waals surface area contributed by atoms with Gasteiger partial charge >= 0.3 is 0 Å². The van der Waals surface area contributed by atoms with Gasteiger partial charge < -0.3 is 5.11 Å². The molecule has 0 aromatic heterocycles. The number of nitrogens with zero attached hydrogens (tertiary/aromatic N) is 1. The third-order valence-corrected chi connectivity index (χ3v) is 3.09. The van der Waals surface area contributed by atoms with E-state index in [4.69, 9.17) is 11.5 Å². The lowest BCUT2D eigenvalue weighted by Gasteiger charge is -2.39. The van der Waals surface area contributed by atoms with Crippen molar-refractivity contribution in [1.82, 2.24) is 4.90 Å². The highest BCUT2D eigenvalue weighted by Crippen LogP contribution is 2.26. The van der Waals surface area contributed by atoms with Crippen molar-refractivity contribution in [3.05, 3.63) is 0 Å². The molecule has 0 aromatic rings. The number of terminal acetylenes is 1. The van der Waals surface area contributed by atoms with Crippen LogP contribution in [0.15, 0.2) is 0 Å². The predicted octanol–water partition coefficient (Wildman–Crippen LogP) is 1.10. The van der Waals surface area contributed by atoms with Gasteiger partial charge in [-0.2, -0.15) is 0 Å². The molecule has 2 heteroatoms. The van der Waals surface area contributed by atoms with Gasteiger partial charge in [-0.15, -0.1) is 6.42 Å². The van der Waals surface area contributed by atoms with Crippen LogP contribution >= 0.6 is 0 Å². The Morgan fingerprint density at radius 2 is 2.23 bits per heavy atom. The minimum Gasteiger partial charge on any atom is -0.396 e. The molecule has 1 N–H and O–H groups in total. The minimum absolute atomic E-state index is 0.0929. The summed E-state index contributed by atoms with van der Waals surface area (Å²) in [5.41, 5.74) is 0. The van der Waals surface area contributed by atoms with Gasteiger partial charge in [0.15, 0.2) is 0 Å². The Morgan fingerprint density at radius 3 is 2.54 bits per heavy atom. The maximum absolute atomic E-state index is 9.04. The molecule has 0 amide bonds. The number of aliphatic hydroxyl groups excluding tert-OH is 1. The zero-order valence-corrected chi connectivity index (χ0v) is 8.53. The molecule has 0 aromatic carbocycles. The molecule has 0 heterocycles. The summed E-state index contributed by atoms with van der Waals surface area (Å²) in [5, 5.41) is 9.04. The molecule has 1 saturated carbocycles. The van der Waals surface area contributed by atoms with Gasteiger partial charge in [0.1, 0.15) is 0 Å². The standard InChI is InChI=1S/C11H19NO/c1-4-11(9(2)8-13)12(3)10-6-5-7-10/h1,9-11,13H,5-8H2,2-3H3. The second-order valence-electron chi connectivity index (χ2n) is 4.02. The quantitative estimate of drug-likeness (QED) is 0.657. The van der Waals surface area contributed by atoms with Gasteiger partial charge in [0, 0.05) is 18.6 Å². The molecular formula is C11H19NO. The first kappa shape index (κ1) is 10.6. The Bertz CT molecular complexity index is 193. The van der Waals surface area contributed by atoms with Crippen LogP contribution in [0.5, 0.6) is 0 Å². The Hall–Kier alpha value is -0.520. The van der Waals surface area contributed by atoms with E-state index in [0.29, 0.717) is 6.04 Å².